The Morgan fingerprint density at radius 3 is 2.76 bits per heavy atom. The molecule has 2 N–H and O–H groups in total. The lowest BCUT2D eigenvalue weighted by Crippen LogP contribution is -2.49. The van der Waals surface area contributed by atoms with Crippen LogP contribution < -0.4 is 5.32 Å². The molecule has 2 unspecified atom stereocenters. The van der Waals surface area contributed by atoms with Gasteiger partial charge in [-0.1, -0.05) is 17.7 Å². The minimum atomic E-state index is -0.527. The predicted molar refractivity (Wildman–Crippen MR) is 125 cm³/mol. The molecule has 7 nitrogen and oxygen atoms in total. The van der Waals surface area contributed by atoms with E-state index >= 15 is 4.39 Å². The molecular formula is C23H19ClFN6OS. The van der Waals surface area contributed by atoms with E-state index in [1.807, 2.05) is 17.5 Å². The Bertz CT molecular complexity index is 1330. The molecule has 3 saturated carbocycles. The Hall–Kier alpha value is -2.91. The zero-order chi connectivity index (χ0) is 22.5. The molecule has 10 heteroatoms. The molecule has 0 saturated heterocycles. The molecule has 3 aliphatic rings. The number of rotatable bonds is 5. The van der Waals surface area contributed by atoms with Gasteiger partial charge in [-0.15, -0.1) is 11.3 Å². The Balaban J connectivity index is 1.48. The van der Waals surface area contributed by atoms with Crippen LogP contribution in [0.2, 0.25) is 5.15 Å². The lowest BCUT2D eigenvalue weighted by Gasteiger charge is -2.46. The summed E-state index contributed by atoms with van der Waals surface area (Å²) in [6.07, 6.45) is 9.47. The van der Waals surface area contributed by atoms with E-state index in [2.05, 4.69) is 36.5 Å². The van der Waals surface area contributed by atoms with Gasteiger partial charge in [-0.05, 0) is 49.0 Å². The van der Waals surface area contributed by atoms with Crippen molar-refractivity contribution < 1.29 is 9.18 Å². The number of aromatic nitrogens is 5. The van der Waals surface area contributed by atoms with Gasteiger partial charge in [0.2, 0.25) is 6.29 Å². The molecule has 2 atom stereocenters. The number of nitrogens with zero attached hydrogens (tertiary/aromatic N) is 4. The first-order valence-electron chi connectivity index (χ1n) is 10.9. The SMILES string of the molecule is O=[C]C1C2CCC(CC2)C1Nc1nc(-c2c[nH]c3nc(Cl)cnc23)nc(-c2cccs2)c1F. The van der Waals surface area contributed by atoms with Crippen LogP contribution in [0, 0.1) is 23.6 Å². The summed E-state index contributed by atoms with van der Waals surface area (Å²) >= 11 is 7.36. The first kappa shape index (κ1) is 20.7. The molecule has 2 bridgehead atoms. The van der Waals surface area contributed by atoms with Crippen molar-refractivity contribution in [1.82, 2.24) is 24.9 Å². The molecule has 0 spiro atoms. The fraction of sp³-hybridized carbons (Fsp3) is 0.348. The van der Waals surface area contributed by atoms with Gasteiger partial charge in [0.1, 0.15) is 16.4 Å². The van der Waals surface area contributed by atoms with Crippen LogP contribution in [-0.2, 0) is 4.79 Å². The highest BCUT2D eigenvalue weighted by Gasteiger charge is 2.44. The maximum Gasteiger partial charge on any atom is 0.204 e. The maximum absolute atomic E-state index is 15.7. The highest BCUT2D eigenvalue weighted by molar-refractivity contribution is 7.13. The molecule has 3 fully saturated rings. The van der Waals surface area contributed by atoms with Crippen molar-refractivity contribution in [3.63, 3.8) is 0 Å². The van der Waals surface area contributed by atoms with Crippen molar-refractivity contribution in [2.45, 2.75) is 31.7 Å². The number of carbonyl (C=O) groups excluding carboxylic acids is 1. The second-order valence-corrected chi connectivity index (χ2v) is 9.95. The van der Waals surface area contributed by atoms with Crippen LogP contribution >= 0.6 is 22.9 Å². The average molecular weight is 482 g/mol. The number of hydrogen-bond acceptors (Lipinski definition) is 7. The predicted octanol–water partition coefficient (Wildman–Crippen LogP) is 5.26. The van der Waals surface area contributed by atoms with Crippen LogP contribution in [-0.4, -0.2) is 37.2 Å². The molecule has 0 aliphatic heterocycles. The van der Waals surface area contributed by atoms with Crippen molar-refractivity contribution in [1.29, 1.82) is 0 Å². The third-order valence-corrected chi connectivity index (χ3v) is 7.92. The van der Waals surface area contributed by atoms with E-state index in [-0.39, 0.29) is 28.6 Å². The van der Waals surface area contributed by atoms with Crippen LogP contribution in [0.3, 0.4) is 0 Å². The summed E-state index contributed by atoms with van der Waals surface area (Å²) in [5, 5.41) is 5.43. The summed E-state index contributed by atoms with van der Waals surface area (Å²) < 4.78 is 15.7. The molecule has 4 heterocycles. The smallest absolute Gasteiger partial charge is 0.204 e. The summed E-state index contributed by atoms with van der Waals surface area (Å²) in [5.74, 6) is 0.212. The van der Waals surface area contributed by atoms with Gasteiger partial charge >= 0.3 is 0 Å². The quantitative estimate of drug-likeness (QED) is 0.403. The van der Waals surface area contributed by atoms with Gasteiger partial charge in [0, 0.05) is 18.2 Å². The lowest BCUT2D eigenvalue weighted by atomic mass is 9.62. The van der Waals surface area contributed by atoms with Crippen molar-refractivity contribution in [3.8, 4) is 22.0 Å². The monoisotopic (exact) mass is 481 g/mol. The molecule has 7 rings (SSSR count). The molecule has 0 aromatic carbocycles. The van der Waals surface area contributed by atoms with Crippen molar-refractivity contribution in [2.24, 2.45) is 17.8 Å². The van der Waals surface area contributed by atoms with Gasteiger partial charge in [-0.3, -0.25) is 4.79 Å². The third kappa shape index (κ3) is 3.50. The molecule has 3 aliphatic carbocycles. The number of thiophene rings is 1. The van der Waals surface area contributed by atoms with E-state index in [1.165, 1.54) is 17.5 Å². The van der Waals surface area contributed by atoms with Crippen LogP contribution in [0.25, 0.3) is 33.1 Å². The molecule has 4 aromatic heterocycles. The number of anilines is 1. The zero-order valence-corrected chi connectivity index (χ0v) is 19.0. The first-order chi connectivity index (χ1) is 16.1. The first-order valence-corrected chi connectivity index (χ1v) is 12.1. The minimum absolute atomic E-state index is 0.0949. The topological polar surface area (TPSA) is 96.5 Å². The van der Waals surface area contributed by atoms with E-state index in [9.17, 15) is 4.79 Å². The highest BCUT2D eigenvalue weighted by Crippen LogP contribution is 2.46. The zero-order valence-electron chi connectivity index (χ0n) is 17.4. The second kappa shape index (κ2) is 8.14. The van der Waals surface area contributed by atoms with Crippen LogP contribution in [0.5, 0.6) is 0 Å². The fourth-order valence-electron chi connectivity index (χ4n) is 5.27. The largest absolute Gasteiger partial charge is 0.364 e. The fourth-order valence-corrected chi connectivity index (χ4v) is 6.11. The Kier molecular flexibility index (Phi) is 5.10. The summed E-state index contributed by atoms with van der Waals surface area (Å²) in [6.45, 7) is 0. The average Bonchev–Trinajstić information content (AvgIpc) is 3.51. The molecule has 0 amide bonds. The summed E-state index contributed by atoms with van der Waals surface area (Å²) in [7, 11) is 0. The van der Waals surface area contributed by atoms with Crippen molar-refractivity contribution in [3.05, 3.63) is 40.9 Å². The van der Waals surface area contributed by atoms with Gasteiger partial charge in [0.15, 0.2) is 23.1 Å². The van der Waals surface area contributed by atoms with Gasteiger partial charge in [0.25, 0.3) is 0 Å². The van der Waals surface area contributed by atoms with Gasteiger partial charge in [0.05, 0.1) is 16.6 Å². The Morgan fingerprint density at radius 2 is 2.00 bits per heavy atom. The van der Waals surface area contributed by atoms with Crippen LogP contribution in [0.4, 0.5) is 10.2 Å². The van der Waals surface area contributed by atoms with E-state index in [0.717, 1.165) is 25.7 Å². The standard InChI is InChI=1S/C23H19ClFN6OS/c24-16-9-26-19-13(8-27-23(19)28-16)21-30-20(15-2-1-7-33-15)17(25)22(31-21)29-18-12-5-3-11(4-6-12)14(18)10-32/h1-2,7-9,11-12,14,18H,3-6H2,(H,27,28)(H,29,30,31). The van der Waals surface area contributed by atoms with Gasteiger partial charge in [-0.2, -0.15) is 0 Å². The van der Waals surface area contributed by atoms with E-state index in [1.54, 1.807) is 6.20 Å². The lowest BCUT2D eigenvalue weighted by molar-refractivity contribution is 0.118. The van der Waals surface area contributed by atoms with E-state index in [0.29, 0.717) is 39.3 Å². The molecule has 33 heavy (non-hydrogen) atoms. The van der Waals surface area contributed by atoms with Crippen LogP contribution in [0.15, 0.2) is 29.9 Å². The van der Waals surface area contributed by atoms with Crippen molar-refractivity contribution in [2.75, 3.05) is 5.32 Å². The number of fused-ring (bicyclic) bond motifs is 4. The summed E-state index contributed by atoms with van der Waals surface area (Å²) in [6, 6.07) is 3.48. The molecule has 4 aromatic rings. The van der Waals surface area contributed by atoms with E-state index in [4.69, 9.17) is 11.6 Å². The molecule has 1 radical (unpaired) electrons. The summed E-state index contributed by atoms with van der Waals surface area (Å²) in [5.41, 5.74) is 1.85. The molecule has 167 valence electrons. The maximum atomic E-state index is 15.7. The number of halogens is 2. The third-order valence-electron chi connectivity index (χ3n) is 6.86. The van der Waals surface area contributed by atoms with Crippen LogP contribution in [0.1, 0.15) is 25.7 Å². The number of H-pyrrole nitrogens is 1. The Morgan fingerprint density at radius 1 is 1.18 bits per heavy atom. The summed E-state index contributed by atoms with van der Waals surface area (Å²) in [4.78, 5) is 33.2. The number of nitrogens with one attached hydrogen (secondary N) is 2. The minimum Gasteiger partial charge on any atom is -0.364 e. The number of aromatic amines is 1. The second-order valence-electron chi connectivity index (χ2n) is 8.62. The van der Waals surface area contributed by atoms with Gasteiger partial charge < -0.3 is 10.3 Å². The van der Waals surface area contributed by atoms with E-state index < -0.39 is 5.82 Å². The number of hydrogen-bond donors (Lipinski definition) is 2. The molecular weight excluding hydrogens is 463 g/mol. The van der Waals surface area contributed by atoms with Gasteiger partial charge in [-0.25, -0.2) is 24.3 Å². The highest BCUT2D eigenvalue weighted by atomic mass is 35.5. The normalized spacial score (nSPS) is 24.3. The van der Waals surface area contributed by atoms with Crippen molar-refractivity contribution >= 4 is 46.2 Å². The Labute approximate surface area is 197 Å².